The zero-order valence-corrected chi connectivity index (χ0v) is 25.5. The minimum absolute atomic E-state index is 0.363. The summed E-state index contributed by atoms with van der Waals surface area (Å²) < 4.78 is 18.9. The lowest BCUT2D eigenvalue weighted by atomic mass is 10.0. The maximum Gasteiger partial charge on any atom is 0.248 e. The summed E-state index contributed by atoms with van der Waals surface area (Å²) in [5, 5.41) is 0. The summed E-state index contributed by atoms with van der Waals surface area (Å²) >= 11 is 0. The van der Waals surface area contributed by atoms with Crippen LogP contribution in [0, 0.1) is 0 Å². The molecule has 0 bridgehead atoms. The Kier molecular flexibility index (Phi) is 9.25. The molecule has 6 aromatic rings. The second-order valence-corrected chi connectivity index (χ2v) is 10.9. The molecule has 0 aliphatic carbocycles. The van der Waals surface area contributed by atoms with Crippen LogP contribution in [0.5, 0.6) is 23.0 Å². The van der Waals surface area contributed by atoms with Gasteiger partial charge in [0, 0.05) is 22.3 Å². The summed E-state index contributed by atoms with van der Waals surface area (Å²) in [5.41, 5.74) is 17.0. The molecule has 0 saturated heterocycles. The van der Waals surface area contributed by atoms with Gasteiger partial charge < -0.3 is 25.7 Å². The Morgan fingerprint density at radius 2 is 0.894 bits per heavy atom. The van der Waals surface area contributed by atoms with E-state index in [2.05, 4.69) is 0 Å². The highest BCUT2D eigenvalue weighted by atomic mass is 16.5. The highest BCUT2D eigenvalue weighted by Gasteiger charge is 2.15. The van der Waals surface area contributed by atoms with Crippen LogP contribution in [-0.4, -0.2) is 11.8 Å². The standard InChI is InChI=1S/C40H32N2O5/c41-39(43)31-15-7-13-29(21-31)35-23-33(17-19-37(35)45-25-27-9-3-1-4-10-27)47-34-18-20-38(46-26-28-11-5-2-6-12-28)36(24-34)30-14-8-16-32(22-30)40(42)44/h1-24H,25-26H2,(H2,41,43)(H2,42,44). The van der Waals surface area contributed by atoms with Crippen LogP contribution < -0.4 is 25.7 Å². The van der Waals surface area contributed by atoms with E-state index in [1.807, 2.05) is 109 Å². The minimum atomic E-state index is -0.520. The summed E-state index contributed by atoms with van der Waals surface area (Å²) in [5.74, 6) is 1.30. The van der Waals surface area contributed by atoms with Crippen molar-refractivity contribution < 1.29 is 23.8 Å². The monoisotopic (exact) mass is 620 g/mol. The zero-order chi connectivity index (χ0) is 32.6. The largest absolute Gasteiger partial charge is 0.488 e. The van der Waals surface area contributed by atoms with Crippen molar-refractivity contribution in [3.05, 3.63) is 168 Å². The van der Waals surface area contributed by atoms with Gasteiger partial charge in [0.2, 0.25) is 11.8 Å². The molecule has 7 heteroatoms. The predicted molar refractivity (Wildman–Crippen MR) is 182 cm³/mol. The topological polar surface area (TPSA) is 114 Å². The molecule has 0 heterocycles. The van der Waals surface area contributed by atoms with Crippen LogP contribution in [0.2, 0.25) is 0 Å². The van der Waals surface area contributed by atoms with Gasteiger partial charge >= 0.3 is 0 Å². The lowest BCUT2D eigenvalue weighted by Gasteiger charge is -2.17. The van der Waals surface area contributed by atoms with E-state index in [4.69, 9.17) is 25.7 Å². The number of benzene rings is 6. The number of hydrogen-bond acceptors (Lipinski definition) is 5. The lowest BCUT2D eigenvalue weighted by Crippen LogP contribution is -2.10. The van der Waals surface area contributed by atoms with E-state index in [0.29, 0.717) is 47.3 Å². The number of primary amides is 2. The molecule has 6 rings (SSSR count). The molecule has 0 saturated carbocycles. The van der Waals surface area contributed by atoms with Gasteiger partial charge in [-0.1, -0.05) is 84.9 Å². The normalized spacial score (nSPS) is 10.6. The van der Waals surface area contributed by atoms with Crippen molar-refractivity contribution in [2.45, 2.75) is 13.2 Å². The molecule has 7 nitrogen and oxygen atoms in total. The molecule has 0 atom stereocenters. The maximum atomic E-state index is 12.0. The van der Waals surface area contributed by atoms with Gasteiger partial charge in [-0.3, -0.25) is 9.59 Å². The van der Waals surface area contributed by atoms with E-state index in [0.717, 1.165) is 33.4 Å². The molecule has 0 fully saturated rings. The summed E-state index contributed by atoms with van der Waals surface area (Å²) in [6.07, 6.45) is 0. The third kappa shape index (κ3) is 7.67. The molecular weight excluding hydrogens is 588 g/mol. The Morgan fingerprint density at radius 3 is 1.30 bits per heavy atom. The summed E-state index contributed by atoms with van der Waals surface area (Å²) in [6, 6.07) is 45.0. The van der Waals surface area contributed by atoms with Crippen LogP contribution in [0.4, 0.5) is 0 Å². The molecule has 0 aliphatic heterocycles. The minimum Gasteiger partial charge on any atom is -0.488 e. The van der Waals surface area contributed by atoms with Gasteiger partial charge in [0.25, 0.3) is 0 Å². The summed E-state index contributed by atoms with van der Waals surface area (Å²) in [4.78, 5) is 24.0. The van der Waals surface area contributed by atoms with Gasteiger partial charge in [0.05, 0.1) is 0 Å². The quantitative estimate of drug-likeness (QED) is 0.143. The first-order valence-corrected chi connectivity index (χ1v) is 15.0. The molecule has 6 aromatic carbocycles. The van der Waals surface area contributed by atoms with E-state index in [9.17, 15) is 9.59 Å². The zero-order valence-electron chi connectivity index (χ0n) is 25.5. The van der Waals surface area contributed by atoms with Gasteiger partial charge in [-0.25, -0.2) is 0 Å². The number of carbonyl (C=O) groups excluding carboxylic acids is 2. The molecule has 0 unspecified atom stereocenters. The summed E-state index contributed by atoms with van der Waals surface area (Å²) in [7, 11) is 0. The molecule has 4 N–H and O–H groups in total. The van der Waals surface area contributed by atoms with Gasteiger partial charge in [0.15, 0.2) is 0 Å². The molecule has 0 spiro atoms. The van der Waals surface area contributed by atoms with Crippen molar-refractivity contribution in [3.8, 4) is 45.3 Å². The van der Waals surface area contributed by atoms with Gasteiger partial charge in [-0.2, -0.15) is 0 Å². The molecule has 2 amide bonds. The van der Waals surface area contributed by atoms with Crippen molar-refractivity contribution in [1.29, 1.82) is 0 Å². The van der Waals surface area contributed by atoms with Crippen LogP contribution in [-0.2, 0) is 13.2 Å². The van der Waals surface area contributed by atoms with E-state index in [-0.39, 0.29) is 0 Å². The second-order valence-electron chi connectivity index (χ2n) is 10.9. The Bertz CT molecular complexity index is 1880. The molecule has 0 aromatic heterocycles. The molecular formula is C40H32N2O5. The fourth-order valence-electron chi connectivity index (χ4n) is 5.13. The first-order chi connectivity index (χ1) is 22.9. The maximum absolute atomic E-state index is 12.0. The molecule has 0 radical (unpaired) electrons. The second kappa shape index (κ2) is 14.2. The smallest absolute Gasteiger partial charge is 0.248 e. The first-order valence-electron chi connectivity index (χ1n) is 15.0. The highest BCUT2D eigenvalue weighted by Crippen LogP contribution is 2.39. The molecule has 47 heavy (non-hydrogen) atoms. The number of nitrogens with two attached hydrogens (primary N) is 2. The van der Waals surface area contributed by atoms with Crippen LogP contribution in [0.15, 0.2) is 146 Å². The van der Waals surface area contributed by atoms with Crippen molar-refractivity contribution >= 4 is 11.8 Å². The van der Waals surface area contributed by atoms with Crippen LogP contribution in [0.25, 0.3) is 22.3 Å². The Morgan fingerprint density at radius 1 is 0.468 bits per heavy atom. The van der Waals surface area contributed by atoms with Crippen LogP contribution in [0.3, 0.4) is 0 Å². The van der Waals surface area contributed by atoms with Crippen molar-refractivity contribution in [1.82, 2.24) is 0 Å². The highest BCUT2D eigenvalue weighted by molar-refractivity contribution is 5.95. The van der Waals surface area contributed by atoms with Crippen molar-refractivity contribution in [2.75, 3.05) is 0 Å². The number of hydrogen-bond donors (Lipinski definition) is 2. The lowest BCUT2D eigenvalue weighted by molar-refractivity contribution is 0.0992. The number of amides is 2. The molecule has 0 aliphatic rings. The first kappa shape index (κ1) is 30.7. The van der Waals surface area contributed by atoms with Gasteiger partial charge in [-0.15, -0.1) is 0 Å². The average molecular weight is 621 g/mol. The van der Waals surface area contributed by atoms with E-state index < -0.39 is 11.8 Å². The van der Waals surface area contributed by atoms with Crippen molar-refractivity contribution in [2.24, 2.45) is 11.5 Å². The van der Waals surface area contributed by atoms with E-state index in [1.54, 1.807) is 36.4 Å². The Labute approximate surface area is 273 Å². The van der Waals surface area contributed by atoms with E-state index >= 15 is 0 Å². The van der Waals surface area contributed by atoms with Crippen molar-refractivity contribution in [3.63, 3.8) is 0 Å². The SMILES string of the molecule is NC(=O)c1cccc(-c2cc(Oc3ccc(OCc4ccccc4)c(-c4cccc(C(N)=O)c4)c3)ccc2OCc2ccccc2)c1. The molecule has 232 valence electrons. The Balaban J connectivity index is 1.35. The van der Waals surface area contributed by atoms with Gasteiger partial charge in [0.1, 0.15) is 36.2 Å². The van der Waals surface area contributed by atoms with Gasteiger partial charge in [-0.05, 0) is 82.9 Å². The predicted octanol–water partition coefficient (Wildman–Crippen LogP) is 8.17. The number of carbonyl (C=O) groups is 2. The fraction of sp³-hybridized carbons (Fsp3) is 0.0500. The van der Waals surface area contributed by atoms with Crippen LogP contribution in [0.1, 0.15) is 31.8 Å². The van der Waals surface area contributed by atoms with E-state index in [1.165, 1.54) is 0 Å². The number of rotatable bonds is 12. The average Bonchev–Trinajstić information content (AvgIpc) is 3.11. The third-order valence-corrected chi connectivity index (χ3v) is 7.53. The third-order valence-electron chi connectivity index (χ3n) is 7.53. The fourth-order valence-corrected chi connectivity index (χ4v) is 5.13. The number of ether oxygens (including phenoxy) is 3. The van der Waals surface area contributed by atoms with Crippen LogP contribution >= 0.6 is 0 Å². The summed E-state index contributed by atoms with van der Waals surface area (Å²) in [6.45, 7) is 0.726. The Hall–Kier alpha value is -6.34.